The lowest BCUT2D eigenvalue weighted by molar-refractivity contribution is -0.385. The Hall–Kier alpha value is -2.64. The lowest BCUT2D eigenvalue weighted by Gasteiger charge is -2.26. The molecule has 142 valence electrons. The van der Waals surface area contributed by atoms with Crippen molar-refractivity contribution >= 4 is 5.69 Å². The van der Waals surface area contributed by atoms with Crippen LogP contribution in [-0.2, 0) is 24.4 Å². The largest absolute Gasteiger partial charge is 0.497 e. The van der Waals surface area contributed by atoms with Crippen LogP contribution in [0.2, 0.25) is 0 Å². The van der Waals surface area contributed by atoms with Gasteiger partial charge in [0, 0.05) is 42.4 Å². The summed E-state index contributed by atoms with van der Waals surface area (Å²) < 4.78 is 16.2. The van der Waals surface area contributed by atoms with E-state index in [0.29, 0.717) is 19.2 Å². The van der Waals surface area contributed by atoms with Gasteiger partial charge in [0.25, 0.3) is 5.69 Å². The fraction of sp³-hybridized carbons (Fsp3) is 0.400. The highest BCUT2D eigenvalue weighted by atomic mass is 16.7. The van der Waals surface area contributed by atoms with Crippen LogP contribution in [0, 0.1) is 10.1 Å². The van der Waals surface area contributed by atoms with E-state index in [1.54, 1.807) is 19.2 Å². The predicted molar refractivity (Wildman–Crippen MR) is 98.6 cm³/mol. The van der Waals surface area contributed by atoms with Gasteiger partial charge in [-0.25, -0.2) is 0 Å². The van der Waals surface area contributed by atoms with Crippen LogP contribution >= 0.6 is 0 Å². The molecule has 0 bridgehead atoms. The van der Waals surface area contributed by atoms with Gasteiger partial charge in [-0.15, -0.1) is 0 Å². The minimum atomic E-state index is -0.358. The molecular weight excluding hydrogens is 348 g/mol. The molecular formula is C20H22N2O5. The maximum Gasteiger partial charge on any atom is 0.270 e. The van der Waals surface area contributed by atoms with Crippen molar-refractivity contribution in [2.75, 3.05) is 13.9 Å². The smallest absolute Gasteiger partial charge is 0.270 e. The number of benzene rings is 2. The van der Waals surface area contributed by atoms with E-state index in [4.69, 9.17) is 14.2 Å². The van der Waals surface area contributed by atoms with E-state index < -0.39 is 0 Å². The highest BCUT2D eigenvalue weighted by Crippen LogP contribution is 2.36. The SMILES string of the molecule is COc1ccc(CN(Cc2cc([N+](=O)[O-])cc3c2OCOC3)C2CC2)cc1. The summed E-state index contributed by atoms with van der Waals surface area (Å²) in [5, 5.41) is 11.3. The van der Waals surface area contributed by atoms with Crippen LogP contribution < -0.4 is 9.47 Å². The Morgan fingerprint density at radius 2 is 2.00 bits per heavy atom. The molecule has 2 aromatic carbocycles. The first-order valence-corrected chi connectivity index (χ1v) is 9.02. The number of nitro groups is 1. The zero-order valence-electron chi connectivity index (χ0n) is 15.2. The molecule has 0 atom stereocenters. The molecule has 1 heterocycles. The fourth-order valence-electron chi connectivity index (χ4n) is 3.44. The number of nitro benzene ring substituents is 1. The first-order valence-electron chi connectivity index (χ1n) is 9.02. The third kappa shape index (κ3) is 4.04. The normalized spacial score (nSPS) is 15.9. The topological polar surface area (TPSA) is 74.1 Å². The zero-order chi connectivity index (χ0) is 18.8. The van der Waals surface area contributed by atoms with Gasteiger partial charge in [0.1, 0.15) is 11.5 Å². The average Bonchev–Trinajstić information content (AvgIpc) is 3.53. The molecule has 27 heavy (non-hydrogen) atoms. The number of ether oxygens (including phenoxy) is 3. The summed E-state index contributed by atoms with van der Waals surface area (Å²) in [6.45, 7) is 1.91. The van der Waals surface area contributed by atoms with Crippen LogP contribution in [0.25, 0.3) is 0 Å². The van der Waals surface area contributed by atoms with E-state index in [9.17, 15) is 10.1 Å². The molecule has 1 saturated carbocycles. The lowest BCUT2D eigenvalue weighted by Crippen LogP contribution is -2.26. The Morgan fingerprint density at radius 1 is 1.22 bits per heavy atom. The first kappa shape index (κ1) is 17.8. The molecule has 0 aromatic heterocycles. The molecule has 1 fully saturated rings. The van der Waals surface area contributed by atoms with E-state index in [1.165, 1.54) is 5.56 Å². The number of hydrogen-bond acceptors (Lipinski definition) is 6. The van der Waals surface area contributed by atoms with E-state index >= 15 is 0 Å². The van der Waals surface area contributed by atoms with Gasteiger partial charge in [0.05, 0.1) is 18.6 Å². The van der Waals surface area contributed by atoms with Crippen LogP contribution in [0.4, 0.5) is 5.69 Å². The maximum absolute atomic E-state index is 11.3. The molecule has 1 aliphatic heterocycles. The Labute approximate surface area is 157 Å². The van der Waals surface area contributed by atoms with Crippen LogP contribution in [0.3, 0.4) is 0 Å². The number of rotatable bonds is 7. The maximum atomic E-state index is 11.3. The molecule has 0 N–H and O–H groups in total. The molecule has 1 aliphatic carbocycles. The van der Waals surface area contributed by atoms with Crippen molar-refractivity contribution in [2.24, 2.45) is 0 Å². The predicted octanol–water partition coefficient (Wildman–Crippen LogP) is 3.63. The first-order chi connectivity index (χ1) is 13.1. The van der Waals surface area contributed by atoms with Gasteiger partial charge < -0.3 is 14.2 Å². The van der Waals surface area contributed by atoms with Gasteiger partial charge in [-0.05, 0) is 30.5 Å². The third-order valence-corrected chi connectivity index (χ3v) is 4.96. The average molecular weight is 370 g/mol. The van der Waals surface area contributed by atoms with Crippen molar-refractivity contribution in [1.82, 2.24) is 4.90 Å². The molecule has 4 rings (SSSR count). The number of fused-ring (bicyclic) bond motifs is 1. The van der Waals surface area contributed by atoms with E-state index in [0.717, 1.165) is 42.0 Å². The van der Waals surface area contributed by atoms with Crippen molar-refractivity contribution in [3.63, 3.8) is 0 Å². The molecule has 0 radical (unpaired) electrons. The van der Waals surface area contributed by atoms with E-state index in [2.05, 4.69) is 17.0 Å². The van der Waals surface area contributed by atoms with Crippen molar-refractivity contribution < 1.29 is 19.1 Å². The van der Waals surface area contributed by atoms with Gasteiger partial charge in [-0.3, -0.25) is 15.0 Å². The van der Waals surface area contributed by atoms with Crippen LogP contribution in [0.15, 0.2) is 36.4 Å². The van der Waals surface area contributed by atoms with Crippen molar-refractivity contribution in [2.45, 2.75) is 38.6 Å². The second kappa shape index (κ2) is 7.54. The second-order valence-electron chi connectivity index (χ2n) is 6.95. The second-order valence-corrected chi connectivity index (χ2v) is 6.95. The fourth-order valence-corrected chi connectivity index (χ4v) is 3.44. The summed E-state index contributed by atoms with van der Waals surface area (Å²) in [4.78, 5) is 13.3. The quantitative estimate of drug-likeness (QED) is 0.547. The minimum absolute atomic E-state index is 0.0815. The Morgan fingerprint density at radius 3 is 2.67 bits per heavy atom. The number of methoxy groups -OCH3 is 1. The van der Waals surface area contributed by atoms with Gasteiger partial charge in [-0.1, -0.05) is 12.1 Å². The third-order valence-electron chi connectivity index (χ3n) is 4.96. The van der Waals surface area contributed by atoms with Crippen LogP contribution in [0.5, 0.6) is 11.5 Å². The van der Waals surface area contributed by atoms with Crippen molar-refractivity contribution in [3.05, 3.63) is 63.2 Å². The number of nitrogens with zero attached hydrogens (tertiary/aromatic N) is 2. The molecule has 0 unspecified atom stereocenters. The Kier molecular flexibility index (Phi) is 4.96. The molecule has 7 nitrogen and oxygen atoms in total. The van der Waals surface area contributed by atoms with Crippen LogP contribution in [-0.4, -0.2) is 29.8 Å². The molecule has 2 aromatic rings. The van der Waals surface area contributed by atoms with E-state index in [1.807, 2.05) is 12.1 Å². The van der Waals surface area contributed by atoms with Gasteiger partial charge in [0.15, 0.2) is 6.79 Å². The standard InChI is InChI=1S/C20H22N2O5/c1-25-19-6-2-14(3-7-19)10-21(17-4-5-17)11-15-8-18(22(23)24)9-16-12-26-13-27-20(15)16/h2-3,6-9,17H,4-5,10-13H2,1H3. The summed E-state index contributed by atoms with van der Waals surface area (Å²) in [6.07, 6.45) is 2.30. The zero-order valence-corrected chi connectivity index (χ0v) is 15.2. The Balaban J connectivity index is 1.59. The van der Waals surface area contributed by atoms with Gasteiger partial charge >= 0.3 is 0 Å². The Bertz CT molecular complexity index is 833. The monoisotopic (exact) mass is 370 g/mol. The van der Waals surface area contributed by atoms with Gasteiger partial charge in [0.2, 0.25) is 0 Å². The molecule has 0 saturated heterocycles. The summed E-state index contributed by atoms with van der Waals surface area (Å²) in [6, 6.07) is 11.7. The van der Waals surface area contributed by atoms with Crippen molar-refractivity contribution in [1.29, 1.82) is 0 Å². The van der Waals surface area contributed by atoms with E-state index in [-0.39, 0.29) is 17.4 Å². The number of hydrogen-bond donors (Lipinski definition) is 0. The molecule has 0 amide bonds. The highest BCUT2D eigenvalue weighted by Gasteiger charge is 2.31. The van der Waals surface area contributed by atoms with Crippen LogP contribution in [0.1, 0.15) is 29.5 Å². The number of non-ortho nitro benzene ring substituents is 1. The molecule has 7 heteroatoms. The van der Waals surface area contributed by atoms with Gasteiger partial charge in [-0.2, -0.15) is 0 Å². The summed E-state index contributed by atoms with van der Waals surface area (Å²) >= 11 is 0. The highest BCUT2D eigenvalue weighted by molar-refractivity contribution is 5.50. The summed E-state index contributed by atoms with van der Waals surface area (Å²) in [7, 11) is 1.65. The summed E-state index contributed by atoms with van der Waals surface area (Å²) in [5.74, 6) is 1.56. The van der Waals surface area contributed by atoms with Crippen molar-refractivity contribution in [3.8, 4) is 11.5 Å². The summed E-state index contributed by atoms with van der Waals surface area (Å²) in [5.41, 5.74) is 2.86. The molecule has 2 aliphatic rings. The lowest BCUT2D eigenvalue weighted by atomic mass is 10.1. The minimum Gasteiger partial charge on any atom is -0.497 e. The molecule has 0 spiro atoms.